The first-order chi connectivity index (χ1) is 30.6. The molecule has 2 nitrogen and oxygen atoms in total. The zero-order valence-corrected chi connectivity index (χ0v) is 37.9. The summed E-state index contributed by atoms with van der Waals surface area (Å²) in [7, 11) is 0. The number of hydrogen-bond donors (Lipinski definition) is 0. The van der Waals surface area contributed by atoms with Crippen LogP contribution in [0.4, 0.5) is 17.1 Å². The van der Waals surface area contributed by atoms with E-state index in [1.807, 2.05) is 31.2 Å². The van der Waals surface area contributed by atoms with Gasteiger partial charge in [0.2, 0.25) is 0 Å². The molecule has 1 heterocycles. The molecule has 310 valence electrons. The summed E-state index contributed by atoms with van der Waals surface area (Å²) in [5.74, 6) is 0.871. The number of para-hydroxylation sites is 2. The van der Waals surface area contributed by atoms with Crippen molar-refractivity contribution in [3.63, 3.8) is 0 Å². The van der Waals surface area contributed by atoms with Gasteiger partial charge in [-0.15, -0.1) is 0 Å². The topological polar surface area (TPSA) is 16.4 Å². The first-order valence-electron chi connectivity index (χ1n) is 22.1. The fourth-order valence-corrected chi connectivity index (χ4v) is 9.72. The smallest absolute Gasteiger partial charge is 0.159 e. The summed E-state index contributed by atoms with van der Waals surface area (Å²) >= 11 is 0. The second-order valence-corrected chi connectivity index (χ2v) is 17.2. The minimum Gasteiger partial charge on any atom is -0.454 e. The van der Waals surface area contributed by atoms with Gasteiger partial charge in [0.1, 0.15) is 5.76 Å². The van der Waals surface area contributed by atoms with Crippen molar-refractivity contribution in [3.8, 4) is 11.1 Å². The van der Waals surface area contributed by atoms with Crippen molar-refractivity contribution in [1.82, 2.24) is 0 Å². The highest BCUT2D eigenvalue weighted by Gasteiger charge is 2.25. The Morgan fingerprint density at radius 2 is 1.05 bits per heavy atom. The van der Waals surface area contributed by atoms with Crippen molar-refractivity contribution in [3.05, 3.63) is 220 Å². The highest BCUT2D eigenvalue weighted by molar-refractivity contribution is 6.27. The van der Waals surface area contributed by atoms with Gasteiger partial charge in [-0.1, -0.05) is 152 Å². The highest BCUT2D eigenvalue weighted by Crippen LogP contribution is 2.48. The van der Waals surface area contributed by atoms with Crippen LogP contribution in [0, 0.1) is 41.5 Å². The van der Waals surface area contributed by atoms with Crippen molar-refractivity contribution in [2.24, 2.45) is 0 Å². The van der Waals surface area contributed by atoms with Crippen LogP contribution in [0.5, 0.6) is 0 Å². The van der Waals surface area contributed by atoms with Crippen molar-refractivity contribution < 1.29 is 4.42 Å². The molecule has 63 heavy (non-hydrogen) atoms. The Balaban J connectivity index is 0.000000186. The quantitative estimate of drug-likeness (QED) is 0.161. The monoisotopic (exact) mass is 817 g/mol. The lowest BCUT2D eigenvalue weighted by Crippen LogP contribution is -2.11. The third kappa shape index (κ3) is 7.30. The summed E-state index contributed by atoms with van der Waals surface area (Å²) in [5.41, 5.74) is 20.2. The second-order valence-electron chi connectivity index (χ2n) is 17.2. The van der Waals surface area contributed by atoms with E-state index in [9.17, 15) is 0 Å². The molecule has 0 spiro atoms. The maximum atomic E-state index is 6.70. The number of hydrogen-bond acceptors (Lipinski definition) is 2. The van der Waals surface area contributed by atoms with Crippen LogP contribution in [-0.2, 0) is 6.42 Å². The minimum absolute atomic E-state index is 0.859. The number of furan rings is 1. The third-order valence-electron chi connectivity index (χ3n) is 13.1. The Kier molecular flexibility index (Phi) is 11.1. The van der Waals surface area contributed by atoms with Gasteiger partial charge >= 0.3 is 0 Å². The predicted molar refractivity (Wildman–Crippen MR) is 274 cm³/mol. The molecule has 0 bridgehead atoms. The second kappa shape index (κ2) is 17.0. The first-order valence-corrected chi connectivity index (χ1v) is 22.1. The van der Waals surface area contributed by atoms with E-state index in [2.05, 4.69) is 199 Å². The number of rotatable bonds is 5. The molecule has 0 saturated heterocycles. The van der Waals surface area contributed by atoms with Crippen LogP contribution < -0.4 is 4.90 Å². The molecule has 11 rings (SSSR count). The molecular weight excluding hydrogens is 763 g/mol. The lowest BCUT2D eigenvalue weighted by atomic mass is 9.87. The Morgan fingerprint density at radius 3 is 1.59 bits per heavy atom. The summed E-state index contributed by atoms with van der Waals surface area (Å²) in [4.78, 5) is 2.37. The summed E-state index contributed by atoms with van der Waals surface area (Å²) in [6.45, 7) is 21.5. The molecule has 0 fully saturated rings. The standard InChI is InChI=1S/C39H33NO.C15H14.C7H8/c1-7-23(3)38-28(8-2)32-15-12-16-34(39(32)41-38)40(27-13-10-9-11-14-27)35-22-26(6)31-18-17-29-24(4)21-25(5)30-19-20-33(35)37(31)36(29)30;1-10-5-3-7-12-13-8-4-6-11(2)15(13)9-14(10)12;1-7-5-3-2-4-6-7/h7-22H,2H2,1,3-6H3;3-8H,9H2,1-2H3;2-6H,1H3/b23-7-;;. The third-order valence-corrected chi connectivity index (χ3v) is 13.1. The average molecular weight is 818 g/mol. The van der Waals surface area contributed by atoms with E-state index >= 15 is 0 Å². The van der Waals surface area contributed by atoms with E-state index in [4.69, 9.17) is 4.42 Å². The SMILES string of the molecule is C=Cc1c(/C(C)=C\C)oc2c(N(c3ccccc3)c3cc(C)c4ccc5c(C)cc(C)c6ccc3c4c56)cccc12.Cc1cccc2c1Cc1c(C)cccc1-2.Cc1ccccc1. The average Bonchev–Trinajstić information content (AvgIpc) is 3.89. The van der Waals surface area contributed by atoms with Crippen LogP contribution in [0.2, 0.25) is 0 Å². The normalized spacial score (nSPS) is 11.9. The fraction of sp³-hybridized carbons (Fsp3) is 0.148. The van der Waals surface area contributed by atoms with Gasteiger partial charge in [0.25, 0.3) is 0 Å². The van der Waals surface area contributed by atoms with E-state index in [1.54, 1.807) is 0 Å². The number of aryl methyl sites for hydroxylation is 6. The first kappa shape index (κ1) is 41.2. The van der Waals surface area contributed by atoms with Gasteiger partial charge in [-0.05, 0) is 169 Å². The van der Waals surface area contributed by atoms with Crippen molar-refractivity contribution >= 4 is 72.0 Å². The van der Waals surface area contributed by atoms with Gasteiger partial charge in [0.05, 0.1) is 11.4 Å². The number of benzene rings is 9. The van der Waals surface area contributed by atoms with Gasteiger partial charge in [0, 0.05) is 22.0 Å². The summed E-state index contributed by atoms with van der Waals surface area (Å²) in [6.07, 6.45) is 5.12. The van der Waals surface area contributed by atoms with Crippen molar-refractivity contribution in [1.29, 1.82) is 0 Å². The van der Waals surface area contributed by atoms with Crippen LogP contribution in [-0.4, -0.2) is 0 Å². The van der Waals surface area contributed by atoms with Crippen LogP contribution in [0.15, 0.2) is 169 Å². The molecule has 0 saturated carbocycles. The van der Waals surface area contributed by atoms with Gasteiger partial charge in [0.15, 0.2) is 5.58 Å². The molecule has 0 unspecified atom stereocenters. The highest BCUT2D eigenvalue weighted by atomic mass is 16.3. The van der Waals surface area contributed by atoms with Gasteiger partial charge < -0.3 is 9.32 Å². The van der Waals surface area contributed by atoms with Crippen LogP contribution in [0.3, 0.4) is 0 Å². The van der Waals surface area contributed by atoms with Crippen LogP contribution in [0.25, 0.3) is 66.1 Å². The van der Waals surface area contributed by atoms with E-state index < -0.39 is 0 Å². The molecule has 0 radical (unpaired) electrons. The Bertz CT molecular complexity index is 3270. The Morgan fingerprint density at radius 1 is 0.524 bits per heavy atom. The van der Waals surface area contributed by atoms with Gasteiger partial charge in [-0.2, -0.15) is 0 Å². The summed E-state index contributed by atoms with van der Waals surface area (Å²) in [6, 6.07) is 54.4. The van der Waals surface area contributed by atoms with Crippen LogP contribution >= 0.6 is 0 Å². The molecule has 9 aromatic carbocycles. The maximum Gasteiger partial charge on any atom is 0.159 e. The summed E-state index contributed by atoms with van der Waals surface area (Å²) in [5, 5.41) is 8.92. The van der Waals surface area contributed by atoms with Gasteiger partial charge in [-0.25, -0.2) is 0 Å². The molecule has 1 aliphatic rings. The predicted octanol–water partition coefficient (Wildman–Crippen LogP) is 17.7. The maximum absolute atomic E-state index is 6.70. The fourth-order valence-electron chi connectivity index (χ4n) is 9.72. The van der Waals surface area contributed by atoms with E-state index in [1.165, 1.54) is 88.0 Å². The Labute approximate surface area is 372 Å². The number of fused-ring (bicyclic) bond motifs is 4. The molecule has 0 N–H and O–H groups in total. The minimum atomic E-state index is 0.859. The molecule has 10 aromatic rings. The molecule has 0 atom stereocenters. The molecular formula is C61H55NO. The number of nitrogens with zero attached hydrogens (tertiary/aromatic N) is 1. The lowest BCUT2D eigenvalue weighted by molar-refractivity contribution is 0.598. The Hall–Kier alpha value is -7.16. The molecule has 1 aromatic heterocycles. The van der Waals surface area contributed by atoms with E-state index in [0.717, 1.165) is 51.3 Å². The number of allylic oxidation sites excluding steroid dienone is 2. The van der Waals surface area contributed by atoms with Crippen molar-refractivity contribution in [2.45, 2.75) is 61.8 Å². The number of anilines is 3. The zero-order valence-electron chi connectivity index (χ0n) is 37.9. The molecule has 0 aliphatic heterocycles. The molecule has 1 aliphatic carbocycles. The molecule has 2 heteroatoms. The van der Waals surface area contributed by atoms with E-state index in [0.29, 0.717) is 0 Å². The zero-order chi connectivity index (χ0) is 43.9. The van der Waals surface area contributed by atoms with E-state index in [-0.39, 0.29) is 0 Å². The molecule has 0 amide bonds. The van der Waals surface area contributed by atoms with Crippen molar-refractivity contribution in [2.75, 3.05) is 4.90 Å². The summed E-state index contributed by atoms with van der Waals surface area (Å²) < 4.78 is 6.70. The van der Waals surface area contributed by atoms with Crippen LogP contribution in [0.1, 0.15) is 69.7 Å². The largest absolute Gasteiger partial charge is 0.454 e. The lowest BCUT2D eigenvalue weighted by Gasteiger charge is -2.28. The van der Waals surface area contributed by atoms with Gasteiger partial charge in [-0.3, -0.25) is 0 Å².